The summed E-state index contributed by atoms with van der Waals surface area (Å²) in [7, 11) is 0. The van der Waals surface area contributed by atoms with Crippen molar-refractivity contribution in [3.63, 3.8) is 0 Å². The van der Waals surface area contributed by atoms with Crippen molar-refractivity contribution in [2.75, 3.05) is 5.32 Å². The number of hydrogen-bond donors (Lipinski definition) is 1. The molecule has 0 aliphatic heterocycles. The van der Waals surface area contributed by atoms with Crippen LogP contribution in [0.15, 0.2) is 29.8 Å². The molecule has 3 aromatic heterocycles. The van der Waals surface area contributed by atoms with Gasteiger partial charge in [-0.2, -0.15) is 5.10 Å². The molecule has 1 saturated carbocycles. The van der Waals surface area contributed by atoms with Gasteiger partial charge in [0.2, 0.25) is 0 Å². The predicted molar refractivity (Wildman–Crippen MR) is 96.8 cm³/mol. The SMILES string of the molecule is CC(C)(C)n1nc(C2CC2)cc1NC(=O)c1cnc2sccc2c1. The number of thiophene rings is 1. The molecule has 0 aromatic carbocycles. The van der Waals surface area contributed by atoms with E-state index in [1.165, 1.54) is 12.8 Å². The van der Waals surface area contributed by atoms with Gasteiger partial charge >= 0.3 is 0 Å². The van der Waals surface area contributed by atoms with Gasteiger partial charge in [0.1, 0.15) is 10.6 Å². The quantitative estimate of drug-likeness (QED) is 0.770. The highest BCUT2D eigenvalue weighted by Crippen LogP contribution is 2.41. The van der Waals surface area contributed by atoms with Crippen LogP contribution in [0.2, 0.25) is 0 Å². The van der Waals surface area contributed by atoms with Gasteiger partial charge in [-0.05, 0) is 51.1 Å². The summed E-state index contributed by atoms with van der Waals surface area (Å²) in [6.45, 7) is 6.27. The first-order chi connectivity index (χ1) is 11.4. The molecule has 24 heavy (non-hydrogen) atoms. The normalized spacial score (nSPS) is 15.0. The van der Waals surface area contributed by atoms with Crippen LogP contribution in [0.4, 0.5) is 5.82 Å². The molecule has 1 N–H and O–H groups in total. The van der Waals surface area contributed by atoms with Crippen LogP contribution >= 0.6 is 11.3 Å². The van der Waals surface area contributed by atoms with Gasteiger partial charge in [0.25, 0.3) is 5.91 Å². The second-order valence-electron chi connectivity index (χ2n) is 7.30. The molecule has 0 bridgehead atoms. The average Bonchev–Trinajstić information content (AvgIpc) is 3.11. The van der Waals surface area contributed by atoms with Crippen LogP contribution in [0.1, 0.15) is 55.6 Å². The van der Waals surface area contributed by atoms with E-state index in [2.05, 4.69) is 31.1 Å². The highest BCUT2D eigenvalue weighted by Gasteiger charge is 2.30. The molecule has 1 fully saturated rings. The van der Waals surface area contributed by atoms with Crippen molar-refractivity contribution in [1.29, 1.82) is 0 Å². The first-order valence-electron chi connectivity index (χ1n) is 8.17. The van der Waals surface area contributed by atoms with Gasteiger partial charge in [-0.25, -0.2) is 9.67 Å². The Morgan fingerprint density at radius 2 is 2.12 bits per heavy atom. The average molecular weight is 340 g/mol. The zero-order valence-electron chi connectivity index (χ0n) is 14.0. The topological polar surface area (TPSA) is 59.8 Å². The molecular formula is C18H20N4OS. The van der Waals surface area contributed by atoms with Gasteiger partial charge in [0, 0.05) is 23.6 Å². The van der Waals surface area contributed by atoms with Crippen molar-refractivity contribution >= 4 is 33.3 Å². The molecule has 0 atom stereocenters. The Morgan fingerprint density at radius 1 is 1.33 bits per heavy atom. The summed E-state index contributed by atoms with van der Waals surface area (Å²) >= 11 is 1.57. The number of rotatable bonds is 3. The number of anilines is 1. The Labute approximate surface area is 144 Å². The van der Waals surface area contributed by atoms with Gasteiger partial charge in [-0.15, -0.1) is 11.3 Å². The Kier molecular flexibility index (Phi) is 3.46. The van der Waals surface area contributed by atoms with Crippen molar-refractivity contribution < 1.29 is 4.79 Å². The Bertz CT molecular complexity index is 915. The van der Waals surface area contributed by atoms with E-state index in [1.54, 1.807) is 17.5 Å². The number of fused-ring (bicyclic) bond motifs is 1. The molecule has 124 valence electrons. The third-order valence-electron chi connectivity index (χ3n) is 4.17. The third kappa shape index (κ3) is 2.82. The smallest absolute Gasteiger partial charge is 0.258 e. The van der Waals surface area contributed by atoms with E-state index in [-0.39, 0.29) is 11.4 Å². The van der Waals surface area contributed by atoms with E-state index in [9.17, 15) is 4.79 Å². The fourth-order valence-corrected chi connectivity index (χ4v) is 3.47. The lowest BCUT2D eigenvalue weighted by Gasteiger charge is -2.22. The van der Waals surface area contributed by atoms with E-state index in [0.29, 0.717) is 11.5 Å². The highest BCUT2D eigenvalue weighted by molar-refractivity contribution is 7.16. The van der Waals surface area contributed by atoms with Crippen LogP contribution in [0.5, 0.6) is 0 Å². The molecule has 1 aliphatic carbocycles. The van der Waals surface area contributed by atoms with Gasteiger partial charge in [-0.3, -0.25) is 4.79 Å². The number of nitrogens with one attached hydrogen (secondary N) is 1. The Hall–Kier alpha value is -2.21. The maximum atomic E-state index is 12.7. The number of carbonyl (C=O) groups is 1. The van der Waals surface area contributed by atoms with Gasteiger partial charge in [0.15, 0.2) is 0 Å². The molecule has 5 nitrogen and oxygen atoms in total. The molecular weight excluding hydrogens is 320 g/mol. The lowest BCUT2D eigenvalue weighted by Crippen LogP contribution is -2.26. The van der Waals surface area contributed by atoms with E-state index in [4.69, 9.17) is 5.10 Å². The summed E-state index contributed by atoms with van der Waals surface area (Å²) in [5.41, 5.74) is 1.45. The summed E-state index contributed by atoms with van der Waals surface area (Å²) in [4.78, 5) is 18.0. The third-order valence-corrected chi connectivity index (χ3v) is 5.01. The largest absolute Gasteiger partial charge is 0.307 e. The standard InChI is InChI=1S/C18H20N4OS/c1-18(2,3)22-15(9-14(21-22)11-4-5-11)20-16(23)13-8-12-6-7-24-17(12)19-10-13/h6-11H,4-5H2,1-3H3,(H,20,23). The fourth-order valence-electron chi connectivity index (χ4n) is 2.75. The minimum absolute atomic E-state index is 0.150. The van der Waals surface area contributed by atoms with Crippen LogP contribution in [-0.2, 0) is 5.54 Å². The first-order valence-corrected chi connectivity index (χ1v) is 9.05. The number of hydrogen-bond acceptors (Lipinski definition) is 4. The minimum Gasteiger partial charge on any atom is -0.307 e. The summed E-state index contributed by atoms with van der Waals surface area (Å²) < 4.78 is 1.91. The van der Waals surface area contributed by atoms with E-state index >= 15 is 0 Å². The molecule has 0 spiro atoms. The van der Waals surface area contributed by atoms with Crippen molar-refractivity contribution in [3.05, 3.63) is 41.0 Å². The van der Waals surface area contributed by atoms with E-state index < -0.39 is 0 Å². The molecule has 1 amide bonds. The van der Waals surface area contributed by atoms with Crippen LogP contribution in [-0.4, -0.2) is 20.7 Å². The molecule has 0 saturated heterocycles. The van der Waals surface area contributed by atoms with Crippen molar-refractivity contribution in [2.45, 2.75) is 45.1 Å². The predicted octanol–water partition coefficient (Wildman–Crippen LogP) is 4.38. The molecule has 6 heteroatoms. The lowest BCUT2D eigenvalue weighted by atomic mass is 10.1. The van der Waals surface area contributed by atoms with Crippen molar-refractivity contribution in [3.8, 4) is 0 Å². The summed E-state index contributed by atoms with van der Waals surface area (Å²) in [5.74, 6) is 1.15. The number of amides is 1. The summed E-state index contributed by atoms with van der Waals surface area (Å²) in [6.07, 6.45) is 4.01. The van der Waals surface area contributed by atoms with Crippen LogP contribution in [0, 0.1) is 0 Å². The van der Waals surface area contributed by atoms with Gasteiger partial charge < -0.3 is 5.32 Å². The molecule has 4 rings (SSSR count). The van der Waals surface area contributed by atoms with Crippen LogP contribution in [0.25, 0.3) is 10.2 Å². The zero-order valence-corrected chi connectivity index (χ0v) is 14.9. The van der Waals surface area contributed by atoms with E-state index in [0.717, 1.165) is 21.7 Å². The number of carbonyl (C=O) groups excluding carboxylic acids is 1. The van der Waals surface area contributed by atoms with E-state index in [1.807, 2.05) is 28.3 Å². The number of pyridine rings is 1. The Morgan fingerprint density at radius 3 is 2.83 bits per heavy atom. The maximum absolute atomic E-state index is 12.7. The summed E-state index contributed by atoms with van der Waals surface area (Å²) in [5, 5.41) is 10.7. The van der Waals surface area contributed by atoms with Gasteiger partial charge in [-0.1, -0.05) is 0 Å². The highest BCUT2D eigenvalue weighted by atomic mass is 32.1. The van der Waals surface area contributed by atoms with Crippen LogP contribution in [0.3, 0.4) is 0 Å². The van der Waals surface area contributed by atoms with Crippen LogP contribution < -0.4 is 5.32 Å². The molecule has 1 aliphatic rings. The van der Waals surface area contributed by atoms with Crippen molar-refractivity contribution in [2.24, 2.45) is 0 Å². The lowest BCUT2D eigenvalue weighted by molar-refractivity contribution is 0.102. The van der Waals surface area contributed by atoms with Gasteiger partial charge in [0.05, 0.1) is 16.8 Å². The summed E-state index contributed by atoms with van der Waals surface area (Å²) in [6, 6.07) is 5.87. The number of aromatic nitrogens is 3. The molecule has 0 unspecified atom stereocenters. The second-order valence-corrected chi connectivity index (χ2v) is 8.20. The molecule has 3 aromatic rings. The fraction of sp³-hybridized carbons (Fsp3) is 0.389. The van der Waals surface area contributed by atoms with Crippen molar-refractivity contribution in [1.82, 2.24) is 14.8 Å². The number of nitrogens with zero attached hydrogens (tertiary/aromatic N) is 3. The maximum Gasteiger partial charge on any atom is 0.258 e. The zero-order chi connectivity index (χ0) is 16.9. The Balaban J connectivity index is 1.65. The first kappa shape index (κ1) is 15.3. The molecule has 3 heterocycles. The molecule has 0 radical (unpaired) electrons. The minimum atomic E-state index is -0.189. The monoisotopic (exact) mass is 340 g/mol. The second kappa shape index (κ2) is 5.41.